The van der Waals surface area contributed by atoms with E-state index in [4.69, 9.17) is 9.47 Å². The van der Waals surface area contributed by atoms with Crippen LogP contribution in [0, 0.1) is 5.92 Å². The average Bonchev–Trinajstić information content (AvgIpc) is 3.18. The lowest BCUT2D eigenvalue weighted by Crippen LogP contribution is -2.46. The molecule has 2 atom stereocenters. The van der Waals surface area contributed by atoms with Gasteiger partial charge in [-0.25, -0.2) is 4.68 Å². The Morgan fingerprint density at radius 2 is 1.96 bits per heavy atom. The van der Waals surface area contributed by atoms with Crippen molar-refractivity contribution < 1.29 is 9.47 Å². The van der Waals surface area contributed by atoms with Crippen LogP contribution in [0.5, 0.6) is 5.75 Å². The number of hydrogen-bond donors (Lipinski definition) is 1. The topological polar surface area (TPSA) is 65.4 Å². The van der Waals surface area contributed by atoms with Gasteiger partial charge in [0, 0.05) is 17.7 Å². The molecule has 0 radical (unpaired) electrons. The maximum Gasteiger partial charge on any atom is 0.267 e. The van der Waals surface area contributed by atoms with E-state index in [1.807, 2.05) is 24.3 Å². The number of hydrogen-bond acceptors (Lipinski definition) is 5. The zero-order valence-electron chi connectivity index (χ0n) is 16.6. The van der Waals surface area contributed by atoms with Gasteiger partial charge in [0.15, 0.2) is 0 Å². The van der Waals surface area contributed by atoms with Gasteiger partial charge in [-0.1, -0.05) is 19.1 Å². The Balaban J connectivity index is 1.56. The van der Waals surface area contributed by atoms with Crippen LogP contribution in [-0.2, 0) is 4.74 Å². The van der Waals surface area contributed by atoms with E-state index >= 15 is 0 Å². The van der Waals surface area contributed by atoms with Gasteiger partial charge in [-0.2, -0.15) is 5.10 Å². The van der Waals surface area contributed by atoms with Gasteiger partial charge in [0.1, 0.15) is 5.75 Å². The Morgan fingerprint density at radius 3 is 2.75 bits per heavy atom. The minimum absolute atomic E-state index is 0.0857. The molecule has 1 aromatic carbocycles. The number of aromatic nitrogens is 2. The molecule has 150 valence electrons. The predicted molar refractivity (Wildman–Crippen MR) is 109 cm³/mol. The molecule has 2 aromatic rings. The summed E-state index contributed by atoms with van der Waals surface area (Å²) in [4.78, 5) is 12.6. The summed E-state index contributed by atoms with van der Waals surface area (Å²) in [6, 6.07) is 11.6. The molecule has 2 unspecified atom stereocenters. The molecule has 1 aliphatic carbocycles. The fourth-order valence-electron chi connectivity index (χ4n) is 4.27. The fourth-order valence-corrected chi connectivity index (χ4v) is 4.27. The molecule has 2 aliphatic rings. The standard InChI is InChI=1S/C22H29N3O3/c1-15-6-8-17(9-7-15)23-20-13-28-14-21(20)25-22(26)11-10-19(24-25)16-4-3-5-18(12-16)27-2/h3-5,10-12,15,17,20-21,23H,6-9,13-14H2,1-2H3. The zero-order valence-corrected chi connectivity index (χ0v) is 16.6. The Morgan fingerprint density at radius 1 is 1.14 bits per heavy atom. The highest BCUT2D eigenvalue weighted by molar-refractivity contribution is 5.60. The van der Waals surface area contributed by atoms with Gasteiger partial charge in [0.2, 0.25) is 0 Å². The van der Waals surface area contributed by atoms with Gasteiger partial charge in [-0.05, 0) is 49.8 Å². The number of benzene rings is 1. The Bertz CT molecular complexity index is 858. The first-order valence-corrected chi connectivity index (χ1v) is 10.2. The first-order valence-electron chi connectivity index (χ1n) is 10.2. The van der Waals surface area contributed by atoms with Gasteiger partial charge in [0.05, 0.1) is 38.1 Å². The van der Waals surface area contributed by atoms with Crippen LogP contribution in [0.4, 0.5) is 0 Å². The van der Waals surface area contributed by atoms with Crippen LogP contribution in [0.25, 0.3) is 11.3 Å². The summed E-state index contributed by atoms with van der Waals surface area (Å²) >= 11 is 0. The molecule has 2 heterocycles. The van der Waals surface area contributed by atoms with Crippen molar-refractivity contribution >= 4 is 0 Å². The van der Waals surface area contributed by atoms with Crippen molar-refractivity contribution in [2.45, 2.75) is 50.7 Å². The van der Waals surface area contributed by atoms with Crippen LogP contribution in [0.2, 0.25) is 0 Å². The molecule has 1 saturated heterocycles. The average molecular weight is 383 g/mol. The van der Waals surface area contributed by atoms with E-state index in [1.54, 1.807) is 23.9 Å². The minimum Gasteiger partial charge on any atom is -0.497 e. The number of nitrogens with one attached hydrogen (secondary N) is 1. The molecule has 1 aromatic heterocycles. The molecule has 0 spiro atoms. The lowest BCUT2D eigenvalue weighted by molar-refractivity contribution is 0.178. The van der Waals surface area contributed by atoms with E-state index in [1.165, 1.54) is 25.7 Å². The van der Waals surface area contributed by atoms with Crippen LogP contribution < -0.4 is 15.6 Å². The van der Waals surface area contributed by atoms with Crippen molar-refractivity contribution in [3.8, 4) is 17.0 Å². The second-order valence-electron chi connectivity index (χ2n) is 8.07. The number of ether oxygens (including phenoxy) is 2. The smallest absolute Gasteiger partial charge is 0.267 e. The molecule has 1 saturated carbocycles. The fraction of sp³-hybridized carbons (Fsp3) is 0.545. The van der Waals surface area contributed by atoms with E-state index in [0.717, 1.165) is 22.9 Å². The Hall–Kier alpha value is -2.18. The van der Waals surface area contributed by atoms with Crippen molar-refractivity contribution in [1.82, 2.24) is 15.1 Å². The van der Waals surface area contributed by atoms with Crippen LogP contribution in [-0.4, -0.2) is 42.2 Å². The van der Waals surface area contributed by atoms with Crippen molar-refractivity contribution in [3.05, 3.63) is 46.8 Å². The van der Waals surface area contributed by atoms with Crippen molar-refractivity contribution in [2.75, 3.05) is 20.3 Å². The van der Waals surface area contributed by atoms with Crippen LogP contribution in [0.3, 0.4) is 0 Å². The van der Waals surface area contributed by atoms with Crippen LogP contribution in [0.1, 0.15) is 38.6 Å². The number of nitrogens with zero attached hydrogens (tertiary/aromatic N) is 2. The van der Waals surface area contributed by atoms with Gasteiger partial charge >= 0.3 is 0 Å². The molecule has 28 heavy (non-hydrogen) atoms. The summed E-state index contributed by atoms with van der Waals surface area (Å²) in [6.45, 7) is 3.45. The molecular formula is C22H29N3O3. The normalized spacial score (nSPS) is 27.6. The molecule has 0 bridgehead atoms. The molecule has 6 nitrogen and oxygen atoms in total. The Labute approximate surface area is 165 Å². The maximum atomic E-state index is 12.6. The minimum atomic E-state index is -0.0915. The van der Waals surface area contributed by atoms with E-state index < -0.39 is 0 Å². The summed E-state index contributed by atoms with van der Waals surface area (Å²) in [5.74, 6) is 1.59. The summed E-state index contributed by atoms with van der Waals surface area (Å²) < 4.78 is 12.7. The Kier molecular flexibility index (Phi) is 5.78. The van der Waals surface area contributed by atoms with Crippen LogP contribution >= 0.6 is 0 Å². The van der Waals surface area contributed by atoms with Gasteiger partial charge in [-0.15, -0.1) is 0 Å². The lowest BCUT2D eigenvalue weighted by Gasteiger charge is -2.31. The van der Waals surface area contributed by atoms with Crippen molar-refractivity contribution in [1.29, 1.82) is 0 Å². The molecule has 4 rings (SSSR count). The largest absolute Gasteiger partial charge is 0.497 e. The van der Waals surface area contributed by atoms with Crippen molar-refractivity contribution in [3.63, 3.8) is 0 Å². The third-order valence-electron chi connectivity index (χ3n) is 6.02. The van der Waals surface area contributed by atoms with Crippen LogP contribution in [0.15, 0.2) is 41.2 Å². The van der Waals surface area contributed by atoms with E-state index in [-0.39, 0.29) is 17.6 Å². The third kappa shape index (κ3) is 4.13. The summed E-state index contributed by atoms with van der Waals surface area (Å²) in [7, 11) is 1.64. The van der Waals surface area contributed by atoms with E-state index in [0.29, 0.717) is 19.3 Å². The quantitative estimate of drug-likeness (QED) is 0.860. The maximum absolute atomic E-state index is 12.6. The molecule has 0 amide bonds. The zero-order chi connectivity index (χ0) is 19.5. The molecular weight excluding hydrogens is 354 g/mol. The summed E-state index contributed by atoms with van der Waals surface area (Å²) in [5, 5.41) is 8.43. The van der Waals surface area contributed by atoms with Gasteiger partial charge in [0.25, 0.3) is 5.56 Å². The third-order valence-corrected chi connectivity index (χ3v) is 6.02. The van der Waals surface area contributed by atoms with Gasteiger partial charge < -0.3 is 14.8 Å². The highest BCUT2D eigenvalue weighted by atomic mass is 16.5. The molecule has 2 fully saturated rings. The van der Waals surface area contributed by atoms with E-state index in [9.17, 15) is 4.79 Å². The number of methoxy groups -OCH3 is 1. The van der Waals surface area contributed by atoms with E-state index in [2.05, 4.69) is 17.3 Å². The monoisotopic (exact) mass is 383 g/mol. The first kappa shape index (κ1) is 19.2. The molecule has 1 aliphatic heterocycles. The molecule has 1 N–H and O–H groups in total. The van der Waals surface area contributed by atoms with Crippen molar-refractivity contribution in [2.24, 2.45) is 5.92 Å². The SMILES string of the molecule is COc1cccc(-c2ccc(=O)n(C3COCC3NC3CCC(C)CC3)n2)c1. The molecule has 6 heteroatoms. The summed E-state index contributed by atoms with van der Waals surface area (Å²) in [5.41, 5.74) is 1.60. The predicted octanol–water partition coefficient (Wildman–Crippen LogP) is 3.03. The highest BCUT2D eigenvalue weighted by Crippen LogP contribution is 2.27. The lowest BCUT2D eigenvalue weighted by atomic mass is 9.87. The number of rotatable bonds is 5. The highest BCUT2D eigenvalue weighted by Gasteiger charge is 2.33. The first-order chi connectivity index (χ1) is 13.6. The second-order valence-corrected chi connectivity index (χ2v) is 8.07. The van der Waals surface area contributed by atoms with Gasteiger partial charge in [-0.3, -0.25) is 4.79 Å². The second kappa shape index (κ2) is 8.45. The summed E-state index contributed by atoms with van der Waals surface area (Å²) in [6.07, 6.45) is 4.91.